The average Bonchev–Trinajstić information content (AvgIpc) is 2.68. The molecule has 1 aromatic heterocycles. The minimum Gasteiger partial charge on any atom is -0.458 e. The molecule has 3 nitrogen and oxygen atoms in total. The number of hydrogen-bond acceptors (Lipinski definition) is 3. The van der Waals surface area contributed by atoms with Gasteiger partial charge in [-0.3, -0.25) is 0 Å². The largest absolute Gasteiger partial charge is 0.458 e. The van der Waals surface area contributed by atoms with E-state index in [-0.39, 0.29) is 5.82 Å². The Labute approximate surface area is 92.4 Å². The van der Waals surface area contributed by atoms with E-state index in [1.54, 1.807) is 19.2 Å². The second-order valence-corrected chi connectivity index (χ2v) is 3.63. The number of halogens is 1. The van der Waals surface area contributed by atoms with Crippen LogP contribution >= 0.6 is 0 Å². The molecule has 2 aromatic rings. The first-order valence-electron chi connectivity index (χ1n) is 5.06. The van der Waals surface area contributed by atoms with Crippen LogP contribution in [0.2, 0.25) is 0 Å². The van der Waals surface area contributed by atoms with Crippen LogP contribution < -0.4 is 0 Å². The standard InChI is InChI=1S/C12H13FO3/c1-15-5-4-10(14)12-7-8-6-9(13)2-3-11(8)16-12/h2-3,6-7,10,14H,4-5H2,1H3. The van der Waals surface area contributed by atoms with Gasteiger partial charge in [-0.2, -0.15) is 0 Å². The molecule has 0 spiro atoms. The molecule has 0 saturated carbocycles. The summed E-state index contributed by atoms with van der Waals surface area (Å²) in [7, 11) is 1.57. The molecule has 1 unspecified atom stereocenters. The summed E-state index contributed by atoms with van der Waals surface area (Å²) in [6, 6.07) is 5.92. The molecule has 0 aliphatic carbocycles. The molecule has 2 rings (SSSR count). The summed E-state index contributed by atoms with van der Waals surface area (Å²) in [4.78, 5) is 0. The van der Waals surface area contributed by atoms with Crippen molar-refractivity contribution in [2.24, 2.45) is 0 Å². The van der Waals surface area contributed by atoms with Crippen molar-refractivity contribution in [3.63, 3.8) is 0 Å². The van der Waals surface area contributed by atoms with Crippen LogP contribution in [0.3, 0.4) is 0 Å². The van der Waals surface area contributed by atoms with Crippen molar-refractivity contribution >= 4 is 11.0 Å². The lowest BCUT2D eigenvalue weighted by Gasteiger charge is -2.05. The first-order chi connectivity index (χ1) is 7.70. The van der Waals surface area contributed by atoms with E-state index < -0.39 is 6.10 Å². The lowest BCUT2D eigenvalue weighted by Crippen LogP contribution is -2.00. The zero-order valence-corrected chi connectivity index (χ0v) is 8.94. The van der Waals surface area contributed by atoms with Crippen molar-refractivity contribution in [3.05, 3.63) is 35.8 Å². The van der Waals surface area contributed by atoms with Crippen LogP contribution in [0.4, 0.5) is 4.39 Å². The predicted molar refractivity (Wildman–Crippen MR) is 57.6 cm³/mol. The summed E-state index contributed by atoms with van der Waals surface area (Å²) in [5, 5.41) is 10.4. The second-order valence-electron chi connectivity index (χ2n) is 3.63. The van der Waals surface area contributed by atoms with E-state index >= 15 is 0 Å². The molecule has 0 bridgehead atoms. The Bertz CT molecular complexity index is 478. The monoisotopic (exact) mass is 224 g/mol. The Balaban J connectivity index is 2.25. The molecule has 1 N–H and O–H groups in total. The highest BCUT2D eigenvalue weighted by Gasteiger charge is 2.13. The Hall–Kier alpha value is -1.39. The Morgan fingerprint density at radius 2 is 2.25 bits per heavy atom. The van der Waals surface area contributed by atoms with Crippen molar-refractivity contribution in [1.82, 2.24) is 0 Å². The number of aliphatic hydroxyl groups excluding tert-OH is 1. The first kappa shape index (κ1) is 11.1. The summed E-state index contributed by atoms with van der Waals surface area (Å²) in [5.41, 5.74) is 0.577. The molecule has 0 aliphatic heterocycles. The number of methoxy groups -OCH3 is 1. The molecule has 0 fully saturated rings. The number of ether oxygens (including phenoxy) is 1. The van der Waals surface area contributed by atoms with Gasteiger partial charge in [0, 0.05) is 25.5 Å². The second kappa shape index (κ2) is 4.63. The number of furan rings is 1. The number of rotatable bonds is 4. The highest BCUT2D eigenvalue weighted by Crippen LogP contribution is 2.26. The molecule has 0 radical (unpaired) electrons. The summed E-state index contributed by atoms with van der Waals surface area (Å²) in [5.74, 6) is 0.129. The minimum atomic E-state index is -0.713. The third-order valence-corrected chi connectivity index (χ3v) is 2.42. The fourth-order valence-electron chi connectivity index (χ4n) is 1.57. The van der Waals surface area contributed by atoms with Gasteiger partial charge in [0.05, 0.1) is 0 Å². The summed E-state index contributed by atoms with van der Waals surface area (Å²) in [6.45, 7) is 0.451. The predicted octanol–water partition coefficient (Wildman–Crippen LogP) is 2.64. The molecule has 0 aliphatic rings. The number of fused-ring (bicyclic) bond motifs is 1. The van der Waals surface area contributed by atoms with Gasteiger partial charge in [0.1, 0.15) is 23.3 Å². The third kappa shape index (κ3) is 2.23. The van der Waals surface area contributed by atoms with Crippen LogP contribution in [0.15, 0.2) is 28.7 Å². The highest BCUT2D eigenvalue weighted by atomic mass is 19.1. The van der Waals surface area contributed by atoms with Gasteiger partial charge in [0.25, 0.3) is 0 Å². The van der Waals surface area contributed by atoms with Gasteiger partial charge < -0.3 is 14.3 Å². The molecular formula is C12H13FO3. The number of aliphatic hydroxyl groups is 1. The van der Waals surface area contributed by atoms with Crippen molar-refractivity contribution < 1.29 is 18.7 Å². The molecule has 16 heavy (non-hydrogen) atoms. The number of hydrogen-bond donors (Lipinski definition) is 1. The quantitative estimate of drug-likeness (QED) is 0.868. The van der Waals surface area contributed by atoms with Crippen LogP contribution in [-0.4, -0.2) is 18.8 Å². The Morgan fingerprint density at radius 3 is 3.00 bits per heavy atom. The van der Waals surface area contributed by atoms with Crippen LogP contribution in [0, 0.1) is 5.82 Å². The van der Waals surface area contributed by atoms with Crippen LogP contribution in [0.5, 0.6) is 0 Å². The van der Waals surface area contributed by atoms with Crippen LogP contribution in [-0.2, 0) is 4.74 Å². The molecule has 86 valence electrons. The van der Waals surface area contributed by atoms with Crippen molar-refractivity contribution in [2.45, 2.75) is 12.5 Å². The molecule has 1 heterocycles. The Morgan fingerprint density at radius 1 is 1.44 bits per heavy atom. The average molecular weight is 224 g/mol. The SMILES string of the molecule is COCCC(O)c1cc2cc(F)ccc2o1. The lowest BCUT2D eigenvalue weighted by molar-refractivity contribution is 0.0960. The smallest absolute Gasteiger partial charge is 0.134 e. The van der Waals surface area contributed by atoms with Crippen molar-refractivity contribution in [2.75, 3.05) is 13.7 Å². The molecule has 1 aromatic carbocycles. The maximum absolute atomic E-state index is 12.9. The van der Waals surface area contributed by atoms with Crippen molar-refractivity contribution in [1.29, 1.82) is 0 Å². The van der Waals surface area contributed by atoms with Gasteiger partial charge >= 0.3 is 0 Å². The molecule has 0 amide bonds. The van der Waals surface area contributed by atoms with Gasteiger partial charge in [0.15, 0.2) is 0 Å². The van der Waals surface area contributed by atoms with E-state index in [1.807, 2.05) is 0 Å². The van der Waals surface area contributed by atoms with E-state index in [9.17, 15) is 9.50 Å². The summed E-state index contributed by atoms with van der Waals surface area (Å²) in [6.07, 6.45) is -0.255. The zero-order valence-electron chi connectivity index (χ0n) is 8.94. The topological polar surface area (TPSA) is 42.6 Å². The zero-order chi connectivity index (χ0) is 11.5. The van der Waals surface area contributed by atoms with E-state index in [0.717, 1.165) is 0 Å². The summed E-state index contributed by atoms with van der Waals surface area (Å²) < 4.78 is 23.2. The summed E-state index contributed by atoms with van der Waals surface area (Å²) >= 11 is 0. The maximum atomic E-state index is 12.9. The third-order valence-electron chi connectivity index (χ3n) is 2.42. The van der Waals surface area contributed by atoms with Gasteiger partial charge in [-0.15, -0.1) is 0 Å². The number of benzene rings is 1. The van der Waals surface area contributed by atoms with Gasteiger partial charge in [-0.25, -0.2) is 4.39 Å². The van der Waals surface area contributed by atoms with Crippen molar-refractivity contribution in [3.8, 4) is 0 Å². The fraction of sp³-hybridized carbons (Fsp3) is 0.333. The van der Waals surface area contributed by atoms with Gasteiger partial charge in [-0.1, -0.05) is 0 Å². The van der Waals surface area contributed by atoms with Crippen LogP contribution in [0.25, 0.3) is 11.0 Å². The van der Waals surface area contributed by atoms with E-state index in [0.29, 0.717) is 29.8 Å². The van der Waals surface area contributed by atoms with Gasteiger partial charge in [-0.05, 0) is 24.3 Å². The van der Waals surface area contributed by atoms with E-state index in [1.165, 1.54) is 12.1 Å². The maximum Gasteiger partial charge on any atom is 0.134 e. The first-order valence-corrected chi connectivity index (χ1v) is 5.06. The molecule has 1 atom stereocenters. The normalized spacial score (nSPS) is 13.2. The van der Waals surface area contributed by atoms with Gasteiger partial charge in [0.2, 0.25) is 0 Å². The van der Waals surface area contributed by atoms with E-state index in [2.05, 4.69) is 0 Å². The highest BCUT2D eigenvalue weighted by molar-refractivity contribution is 5.77. The minimum absolute atomic E-state index is 0.314. The van der Waals surface area contributed by atoms with Crippen LogP contribution in [0.1, 0.15) is 18.3 Å². The molecule has 4 heteroatoms. The molecular weight excluding hydrogens is 211 g/mol. The molecule has 0 saturated heterocycles. The lowest BCUT2D eigenvalue weighted by atomic mass is 10.2. The Kier molecular flexibility index (Phi) is 3.22. The fourth-order valence-corrected chi connectivity index (χ4v) is 1.57. The van der Waals surface area contributed by atoms with E-state index in [4.69, 9.17) is 9.15 Å².